The van der Waals surface area contributed by atoms with Crippen molar-refractivity contribution >= 4 is 32.7 Å². The van der Waals surface area contributed by atoms with E-state index in [1.807, 2.05) is 42.5 Å². The van der Waals surface area contributed by atoms with Crippen LogP contribution in [0, 0.1) is 0 Å². The highest BCUT2D eigenvalue weighted by atomic mass is 79.9. The number of hydrogen-bond acceptors (Lipinski definition) is 6. The molecule has 0 atom stereocenters. The van der Waals surface area contributed by atoms with Crippen molar-refractivity contribution in [3.8, 4) is 17.2 Å². The van der Waals surface area contributed by atoms with Crippen molar-refractivity contribution in [3.05, 3.63) is 58.2 Å². The van der Waals surface area contributed by atoms with Crippen molar-refractivity contribution in [1.29, 1.82) is 0 Å². The predicted octanol–water partition coefficient (Wildman–Crippen LogP) is 4.20. The van der Waals surface area contributed by atoms with Gasteiger partial charge in [-0.25, -0.2) is 4.98 Å². The minimum Gasteiger partial charge on any atom is -0.493 e. The molecule has 1 aromatic heterocycles. The minimum absolute atomic E-state index is 0.0846. The lowest BCUT2D eigenvalue weighted by molar-refractivity contribution is -0.119. The van der Waals surface area contributed by atoms with Crippen molar-refractivity contribution in [1.82, 2.24) is 10.3 Å². The number of methoxy groups -OCH3 is 2. The van der Waals surface area contributed by atoms with E-state index in [9.17, 15) is 4.79 Å². The Kier molecular flexibility index (Phi) is 7.48. The molecule has 3 rings (SSSR count). The number of halogens is 1. The van der Waals surface area contributed by atoms with Crippen LogP contribution in [0.2, 0.25) is 0 Å². The Hall–Kier alpha value is -2.84. The van der Waals surface area contributed by atoms with Crippen molar-refractivity contribution in [2.75, 3.05) is 21.0 Å². The number of aromatic nitrogens is 1. The maximum atomic E-state index is 11.1. The summed E-state index contributed by atoms with van der Waals surface area (Å²) >= 11 is 3.56. The second kappa shape index (κ2) is 10.3. The summed E-state index contributed by atoms with van der Waals surface area (Å²) in [5.74, 6) is 1.77. The average Bonchev–Trinajstić information content (AvgIpc) is 2.76. The molecule has 0 radical (unpaired) electrons. The summed E-state index contributed by atoms with van der Waals surface area (Å²) in [5, 5.41) is 3.74. The molecule has 30 heavy (non-hydrogen) atoms. The number of fused-ring (bicyclic) bond motifs is 1. The fourth-order valence-corrected chi connectivity index (χ4v) is 3.37. The molecule has 0 saturated heterocycles. The van der Waals surface area contributed by atoms with Crippen LogP contribution in [0.1, 0.15) is 18.2 Å². The van der Waals surface area contributed by atoms with Gasteiger partial charge in [-0.05, 0) is 51.8 Å². The van der Waals surface area contributed by atoms with Crippen LogP contribution < -0.4 is 19.5 Å². The van der Waals surface area contributed by atoms with Crippen LogP contribution in [0.4, 0.5) is 0 Å². The topological polar surface area (TPSA) is 78.9 Å². The number of ether oxygens (including phenoxy) is 4. The van der Waals surface area contributed by atoms with E-state index in [-0.39, 0.29) is 19.3 Å². The van der Waals surface area contributed by atoms with Crippen LogP contribution in [0.25, 0.3) is 10.9 Å². The molecule has 3 aromatic rings. The molecule has 0 fully saturated rings. The van der Waals surface area contributed by atoms with E-state index in [4.69, 9.17) is 23.9 Å². The zero-order valence-electron chi connectivity index (χ0n) is 17.0. The molecule has 0 aliphatic carbocycles. The van der Waals surface area contributed by atoms with Crippen LogP contribution >= 0.6 is 15.9 Å². The molecule has 2 aromatic carbocycles. The van der Waals surface area contributed by atoms with Gasteiger partial charge in [-0.1, -0.05) is 12.1 Å². The molecule has 1 N–H and O–H groups in total. The van der Waals surface area contributed by atoms with Crippen LogP contribution in [0.5, 0.6) is 17.2 Å². The largest absolute Gasteiger partial charge is 0.493 e. The van der Waals surface area contributed by atoms with Crippen molar-refractivity contribution in [2.24, 2.45) is 0 Å². The highest BCUT2D eigenvalue weighted by Gasteiger charge is 2.11. The van der Waals surface area contributed by atoms with Gasteiger partial charge in [0.05, 0.1) is 22.8 Å². The summed E-state index contributed by atoms with van der Waals surface area (Å²) in [6, 6.07) is 13.3. The monoisotopic (exact) mass is 474 g/mol. The van der Waals surface area contributed by atoms with Gasteiger partial charge in [0, 0.05) is 26.0 Å². The summed E-state index contributed by atoms with van der Waals surface area (Å²) in [6.45, 7) is 2.34. The van der Waals surface area contributed by atoms with E-state index in [1.54, 1.807) is 14.2 Å². The second-order valence-electron chi connectivity index (χ2n) is 6.49. The minimum atomic E-state index is -0.0846. The van der Waals surface area contributed by atoms with Gasteiger partial charge < -0.3 is 24.3 Å². The molecule has 1 amide bonds. The molecular weight excluding hydrogens is 452 g/mol. The number of amides is 1. The standard InChI is InChI=1S/C22H23BrN2O5/c1-14(26)24-11-15-4-8-18(20(10-15)28-3)29-12-17-7-5-16-6-9-19(30-13-27-2)21(23)22(16)25-17/h4-10H,11-13H2,1-3H3,(H,24,26). The van der Waals surface area contributed by atoms with E-state index < -0.39 is 0 Å². The fourth-order valence-electron chi connectivity index (χ4n) is 2.81. The lowest BCUT2D eigenvalue weighted by Gasteiger charge is -2.13. The van der Waals surface area contributed by atoms with Crippen molar-refractivity contribution in [3.63, 3.8) is 0 Å². The van der Waals surface area contributed by atoms with Gasteiger partial charge in [0.1, 0.15) is 12.4 Å². The molecule has 7 nitrogen and oxygen atoms in total. The SMILES string of the molecule is COCOc1ccc2ccc(COc3ccc(CNC(C)=O)cc3OC)nc2c1Br. The third kappa shape index (κ3) is 5.40. The first-order chi connectivity index (χ1) is 14.5. The van der Waals surface area contributed by atoms with E-state index in [0.717, 1.165) is 26.6 Å². The van der Waals surface area contributed by atoms with E-state index in [0.29, 0.717) is 23.8 Å². The van der Waals surface area contributed by atoms with Crippen molar-refractivity contribution < 1.29 is 23.7 Å². The Bertz CT molecular complexity index is 1040. The number of nitrogens with one attached hydrogen (secondary N) is 1. The third-order valence-corrected chi connectivity index (χ3v) is 5.07. The number of nitrogens with zero attached hydrogens (tertiary/aromatic N) is 1. The highest BCUT2D eigenvalue weighted by molar-refractivity contribution is 9.10. The highest BCUT2D eigenvalue weighted by Crippen LogP contribution is 2.33. The van der Waals surface area contributed by atoms with Gasteiger partial charge in [-0.15, -0.1) is 0 Å². The number of benzene rings is 2. The van der Waals surface area contributed by atoms with Crippen molar-refractivity contribution in [2.45, 2.75) is 20.1 Å². The zero-order valence-corrected chi connectivity index (χ0v) is 18.6. The summed E-state index contributed by atoms with van der Waals surface area (Å²) in [4.78, 5) is 15.8. The second-order valence-corrected chi connectivity index (χ2v) is 7.28. The van der Waals surface area contributed by atoms with Gasteiger partial charge in [-0.2, -0.15) is 0 Å². The van der Waals surface area contributed by atoms with Gasteiger partial charge in [0.2, 0.25) is 5.91 Å². The first-order valence-corrected chi connectivity index (χ1v) is 10.0. The average molecular weight is 475 g/mol. The molecule has 0 unspecified atom stereocenters. The van der Waals surface area contributed by atoms with Gasteiger partial charge >= 0.3 is 0 Å². The molecule has 0 aliphatic heterocycles. The number of hydrogen-bond donors (Lipinski definition) is 1. The number of pyridine rings is 1. The molecule has 0 saturated carbocycles. The molecular formula is C22H23BrN2O5. The predicted molar refractivity (Wildman–Crippen MR) is 117 cm³/mol. The van der Waals surface area contributed by atoms with E-state index in [2.05, 4.69) is 21.2 Å². The maximum Gasteiger partial charge on any atom is 0.217 e. The molecule has 0 spiro atoms. The Morgan fingerprint density at radius 2 is 1.80 bits per heavy atom. The molecule has 8 heteroatoms. The van der Waals surface area contributed by atoms with Crippen LogP contribution in [0.15, 0.2) is 46.9 Å². The smallest absolute Gasteiger partial charge is 0.217 e. The lowest BCUT2D eigenvalue weighted by Crippen LogP contribution is -2.18. The van der Waals surface area contributed by atoms with Crippen LogP contribution in [-0.2, 0) is 22.7 Å². The Morgan fingerprint density at radius 3 is 2.53 bits per heavy atom. The lowest BCUT2D eigenvalue weighted by atomic mass is 10.2. The normalized spacial score (nSPS) is 10.7. The quantitative estimate of drug-likeness (QED) is 0.468. The first kappa shape index (κ1) is 21.9. The summed E-state index contributed by atoms with van der Waals surface area (Å²) in [5.41, 5.74) is 2.46. The molecule has 158 valence electrons. The Balaban J connectivity index is 1.76. The van der Waals surface area contributed by atoms with Gasteiger partial charge in [0.25, 0.3) is 0 Å². The summed E-state index contributed by atoms with van der Waals surface area (Å²) < 4.78 is 22.7. The first-order valence-electron chi connectivity index (χ1n) is 9.26. The third-order valence-electron chi connectivity index (χ3n) is 4.30. The summed E-state index contributed by atoms with van der Waals surface area (Å²) in [6.07, 6.45) is 0. The number of rotatable bonds is 9. The van der Waals surface area contributed by atoms with Crippen LogP contribution in [-0.4, -0.2) is 31.9 Å². The van der Waals surface area contributed by atoms with E-state index in [1.165, 1.54) is 6.92 Å². The fraction of sp³-hybridized carbons (Fsp3) is 0.273. The van der Waals surface area contributed by atoms with Gasteiger partial charge in [0.15, 0.2) is 18.3 Å². The maximum absolute atomic E-state index is 11.1. The Labute approximate surface area is 183 Å². The van der Waals surface area contributed by atoms with E-state index >= 15 is 0 Å². The molecule has 0 bridgehead atoms. The molecule has 0 aliphatic rings. The van der Waals surface area contributed by atoms with Crippen LogP contribution in [0.3, 0.4) is 0 Å². The summed E-state index contributed by atoms with van der Waals surface area (Å²) in [7, 11) is 3.15. The zero-order chi connectivity index (χ0) is 21.5. The Morgan fingerprint density at radius 1 is 1.03 bits per heavy atom. The number of carbonyl (C=O) groups excluding carboxylic acids is 1. The molecule has 1 heterocycles. The number of carbonyl (C=O) groups is 1. The van der Waals surface area contributed by atoms with Gasteiger partial charge in [-0.3, -0.25) is 4.79 Å².